The van der Waals surface area contributed by atoms with Crippen LogP contribution >= 0.6 is 0 Å². The quantitative estimate of drug-likeness (QED) is 0.534. The lowest BCUT2D eigenvalue weighted by Gasteiger charge is -1.97. The summed E-state index contributed by atoms with van der Waals surface area (Å²) in [5.74, 6) is 0. The Morgan fingerprint density at radius 1 is 1.30 bits per heavy atom. The summed E-state index contributed by atoms with van der Waals surface area (Å²) in [6.07, 6.45) is 6.09. The highest BCUT2D eigenvalue weighted by molar-refractivity contribution is 5.70. The maximum absolute atomic E-state index is 9.97. The lowest BCUT2D eigenvalue weighted by Crippen LogP contribution is -2.10. The van der Waals surface area contributed by atoms with Crippen molar-refractivity contribution >= 4 is 12.8 Å². The van der Waals surface area contributed by atoms with Gasteiger partial charge < -0.3 is 0 Å². The fourth-order valence-corrected chi connectivity index (χ4v) is 0.458. The first kappa shape index (κ1) is 8.88. The van der Waals surface area contributed by atoms with Gasteiger partial charge in [0.25, 0.3) is 0 Å². The van der Waals surface area contributed by atoms with E-state index in [1.165, 1.54) is 6.20 Å². The molecule has 0 aliphatic rings. The molecule has 0 aromatic carbocycles. The fourth-order valence-electron chi connectivity index (χ4n) is 0.458. The number of allylic oxidation sites excluding steroid dienone is 1. The summed E-state index contributed by atoms with van der Waals surface area (Å²) in [7, 11) is 0. The summed E-state index contributed by atoms with van der Waals surface area (Å²) in [6.45, 7) is 2.02. The predicted molar refractivity (Wildman–Crippen MR) is 38.0 cm³/mol. The molecule has 0 unspecified atom stereocenters. The number of rotatable bonds is 5. The second-order valence-corrected chi connectivity index (χ2v) is 1.83. The highest BCUT2D eigenvalue weighted by Crippen LogP contribution is 1.89. The van der Waals surface area contributed by atoms with E-state index in [-0.39, 0.29) is 0 Å². The first-order valence-corrected chi connectivity index (χ1v) is 3.19. The van der Waals surface area contributed by atoms with Crippen LogP contribution in [0.3, 0.4) is 0 Å². The number of unbranched alkanes of at least 4 members (excludes halogenated alkanes) is 1. The van der Waals surface area contributed by atoms with Crippen molar-refractivity contribution in [1.29, 1.82) is 0 Å². The van der Waals surface area contributed by atoms with Crippen LogP contribution in [0.4, 0.5) is 0 Å². The van der Waals surface area contributed by atoms with Crippen LogP contribution in [0.15, 0.2) is 12.3 Å². The molecule has 0 aromatic heterocycles. The number of hydrogen-bond acceptors (Lipinski definition) is 2. The summed E-state index contributed by atoms with van der Waals surface area (Å²) in [5.41, 5.74) is 0. The second kappa shape index (κ2) is 6.01. The molecule has 0 saturated heterocycles. The van der Waals surface area contributed by atoms with E-state index < -0.39 is 0 Å². The first-order chi connectivity index (χ1) is 4.85. The largest absolute Gasteiger partial charge is 0.278 e. The molecule has 3 heteroatoms. The standard InChI is InChI=1S/C7H11NO2/c1-2-3-4-5-8(6-9)7-10/h4-7H,2-3H2,1H3/b5-4-. The number of amides is 2. The molecule has 0 aromatic rings. The highest BCUT2D eigenvalue weighted by Gasteiger charge is 1.87. The van der Waals surface area contributed by atoms with Crippen molar-refractivity contribution in [2.45, 2.75) is 19.8 Å². The van der Waals surface area contributed by atoms with Gasteiger partial charge in [0.15, 0.2) is 0 Å². The number of hydrogen-bond donors (Lipinski definition) is 0. The molecule has 56 valence electrons. The fraction of sp³-hybridized carbons (Fsp3) is 0.429. The summed E-state index contributed by atoms with van der Waals surface area (Å²) in [5, 5.41) is 0. The smallest absolute Gasteiger partial charge is 0.220 e. The van der Waals surface area contributed by atoms with Gasteiger partial charge >= 0.3 is 0 Å². The number of imide groups is 1. The van der Waals surface area contributed by atoms with Crippen molar-refractivity contribution < 1.29 is 9.59 Å². The van der Waals surface area contributed by atoms with Crippen molar-refractivity contribution in [2.75, 3.05) is 0 Å². The van der Waals surface area contributed by atoms with Crippen LogP contribution in [0.1, 0.15) is 19.8 Å². The van der Waals surface area contributed by atoms with Crippen molar-refractivity contribution in [1.82, 2.24) is 4.90 Å². The Morgan fingerprint density at radius 3 is 2.30 bits per heavy atom. The molecule has 0 spiro atoms. The Morgan fingerprint density at radius 2 is 1.90 bits per heavy atom. The Labute approximate surface area is 60.3 Å². The van der Waals surface area contributed by atoms with Crippen molar-refractivity contribution in [3.8, 4) is 0 Å². The van der Waals surface area contributed by atoms with Gasteiger partial charge in [-0.15, -0.1) is 0 Å². The monoisotopic (exact) mass is 141 g/mol. The normalized spacial score (nSPS) is 9.70. The molecule has 2 amide bonds. The number of carbonyl (C=O) groups is 2. The number of carbonyl (C=O) groups excluding carboxylic acids is 2. The summed E-state index contributed by atoms with van der Waals surface area (Å²) >= 11 is 0. The van der Waals surface area contributed by atoms with Gasteiger partial charge in [-0.1, -0.05) is 19.4 Å². The lowest BCUT2D eigenvalue weighted by molar-refractivity contribution is -0.126. The molecule has 0 aliphatic carbocycles. The molecule has 0 bridgehead atoms. The van der Waals surface area contributed by atoms with E-state index in [2.05, 4.69) is 0 Å². The van der Waals surface area contributed by atoms with Crippen LogP contribution in [-0.2, 0) is 9.59 Å². The molecular weight excluding hydrogens is 130 g/mol. The molecule has 0 fully saturated rings. The third kappa shape index (κ3) is 3.83. The van der Waals surface area contributed by atoms with Crippen LogP contribution in [0.5, 0.6) is 0 Å². The summed E-state index contributed by atoms with van der Waals surface area (Å²) in [6, 6.07) is 0. The van der Waals surface area contributed by atoms with E-state index in [1.807, 2.05) is 6.92 Å². The summed E-state index contributed by atoms with van der Waals surface area (Å²) < 4.78 is 0. The average Bonchev–Trinajstić information content (AvgIpc) is 1.99. The van der Waals surface area contributed by atoms with Crippen LogP contribution < -0.4 is 0 Å². The van der Waals surface area contributed by atoms with Crippen LogP contribution in [0, 0.1) is 0 Å². The molecule has 0 N–H and O–H groups in total. The van der Waals surface area contributed by atoms with Crippen molar-refractivity contribution in [3.05, 3.63) is 12.3 Å². The van der Waals surface area contributed by atoms with Gasteiger partial charge in [-0.25, -0.2) is 0 Å². The van der Waals surface area contributed by atoms with Crippen molar-refractivity contribution in [3.63, 3.8) is 0 Å². The molecule has 0 atom stereocenters. The molecule has 0 aliphatic heterocycles. The van der Waals surface area contributed by atoms with E-state index in [1.54, 1.807) is 6.08 Å². The topological polar surface area (TPSA) is 37.4 Å². The van der Waals surface area contributed by atoms with Gasteiger partial charge in [0, 0.05) is 6.20 Å². The maximum atomic E-state index is 9.97. The molecule has 3 nitrogen and oxygen atoms in total. The SMILES string of the molecule is CCC/C=C\N(C=O)C=O. The van der Waals surface area contributed by atoms with E-state index in [0.29, 0.717) is 12.8 Å². The van der Waals surface area contributed by atoms with Crippen LogP contribution in [0.25, 0.3) is 0 Å². The molecule has 0 saturated carbocycles. The van der Waals surface area contributed by atoms with E-state index in [4.69, 9.17) is 0 Å². The van der Waals surface area contributed by atoms with Crippen LogP contribution in [-0.4, -0.2) is 17.7 Å². The molecule has 0 heterocycles. The minimum Gasteiger partial charge on any atom is -0.278 e. The lowest BCUT2D eigenvalue weighted by atomic mass is 10.3. The molecular formula is C7H11NO2. The highest BCUT2D eigenvalue weighted by atomic mass is 16.2. The van der Waals surface area contributed by atoms with Gasteiger partial charge in [-0.3, -0.25) is 14.5 Å². The molecule has 0 radical (unpaired) electrons. The zero-order chi connectivity index (χ0) is 7.82. The molecule has 0 rings (SSSR count). The van der Waals surface area contributed by atoms with Gasteiger partial charge in [-0.2, -0.15) is 0 Å². The summed E-state index contributed by atoms with van der Waals surface area (Å²) in [4.78, 5) is 20.9. The predicted octanol–water partition coefficient (Wildman–Crippen LogP) is 0.915. The average molecular weight is 141 g/mol. The Bertz CT molecular complexity index is 124. The zero-order valence-corrected chi connectivity index (χ0v) is 5.99. The number of nitrogens with zero attached hydrogens (tertiary/aromatic N) is 1. The second-order valence-electron chi connectivity index (χ2n) is 1.83. The van der Waals surface area contributed by atoms with Gasteiger partial charge in [0.05, 0.1) is 0 Å². The minimum absolute atomic E-state index is 0.471. The Hall–Kier alpha value is -1.12. The first-order valence-electron chi connectivity index (χ1n) is 3.19. The zero-order valence-electron chi connectivity index (χ0n) is 5.99. The molecule has 10 heavy (non-hydrogen) atoms. The third-order valence-electron chi connectivity index (χ3n) is 0.976. The van der Waals surface area contributed by atoms with Gasteiger partial charge in [0.2, 0.25) is 12.8 Å². The maximum Gasteiger partial charge on any atom is 0.220 e. The van der Waals surface area contributed by atoms with E-state index in [9.17, 15) is 9.59 Å². The van der Waals surface area contributed by atoms with Gasteiger partial charge in [0.1, 0.15) is 0 Å². The van der Waals surface area contributed by atoms with Gasteiger partial charge in [-0.05, 0) is 6.42 Å². The van der Waals surface area contributed by atoms with Crippen LogP contribution in [0.2, 0.25) is 0 Å². The third-order valence-corrected chi connectivity index (χ3v) is 0.976. The Balaban J connectivity index is 3.60. The van der Waals surface area contributed by atoms with E-state index in [0.717, 1.165) is 17.7 Å². The minimum atomic E-state index is 0.471. The van der Waals surface area contributed by atoms with E-state index >= 15 is 0 Å². The van der Waals surface area contributed by atoms with Crippen molar-refractivity contribution in [2.24, 2.45) is 0 Å². The Kier molecular flexibility index (Phi) is 5.33.